The molecule has 0 saturated heterocycles. The number of aryl methyl sites for hydroxylation is 1. The van der Waals surface area contributed by atoms with E-state index >= 15 is 0 Å². The molecule has 0 bridgehead atoms. The monoisotopic (exact) mass is 256 g/mol. The van der Waals surface area contributed by atoms with Crippen molar-refractivity contribution in [2.45, 2.75) is 33.2 Å². The van der Waals surface area contributed by atoms with Crippen molar-refractivity contribution in [1.29, 1.82) is 0 Å². The number of carbonyl (C=O) groups excluding carboxylic acids is 1. The highest BCUT2D eigenvalue weighted by Gasteiger charge is 2.04. The fourth-order valence-electron chi connectivity index (χ4n) is 1.34. The minimum Gasteiger partial charge on any atom is -0.325 e. The molecule has 0 heterocycles. The summed E-state index contributed by atoms with van der Waals surface area (Å²) in [6, 6.07) is 8.18. The molecule has 0 fully saturated rings. The molecule has 0 radical (unpaired) electrons. The second kappa shape index (κ2) is 8.09. The lowest BCUT2D eigenvalue weighted by atomic mass is 10.2. The molecule has 1 atom stereocenters. The first-order valence-corrected chi connectivity index (χ1v) is 5.71. The van der Waals surface area contributed by atoms with Crippen LogP contribution in [0.1, 0.15) is 25.8 Å². The zero-order chi connectivity index (χ0) is 12.0. The predicted molar refractivity (Wildman–Crippen MR) is 74.8 cm³/mol. The Labute approximate surface area is 109 Å². The van der Waals surface area contributed by atoms with Gasteiger partial charge >= 0.3 is 0 Å². The molecule has 0 saturated carbocycles. The summed E-state index contributed by atoms with van der Waals surface area (Å²) >= 11 is 0. The number of benzene rings is 1. The van der Waals surface area contributed by atoms with E-state index < -0.39 is 0 Å². The quantitative estimate of drug-likeness (QED) is 0.851. The highest BCUT2D eigenvalue weighted by Crippen LogP contribution is 2.08. The lowest BCUT2D eigenvalue weighted by Gasteiger charge is -2.11. The third-order valence-corrected chi connectivity index (χ3v) is 2.53. The molecule has 1 rings (SSSR count). The molecule has 1 amide bonds. The van der Waals surface area contributed by atoms with Gasteiger partial charge in [-0.25, -0.2) is 0 Å². The smallest absolute Gasteiger partial charge is 0.238 e. The Morgan fingerprint density at radius 3 is 2.71 bits per heavy atom. The van der Waals surface area contributed by atoms with E-state index in [9.17, 15) is 4.79 Å². The van der Waals surface area contributed by atoms with Crippen molar-refractivity contribution < 1.29 is 4.79 Å². The van der Waals surface area contributed by atoms with Crippen LogP contribution < -0.4 is 10.6 Å². The molecule has 0 aromatic heterocycles. The first kappa shape index (κ1) is 15.9. The van der Waals surface area contributed by atoms with Crippen molar-refractivity contribution in [3.8, 4) is 0 Å². The number of anilines is 1. The van der Waals surface area contributed by atoms with Gasteiger partial charge in [-0.1, -0.05) is 19.1 Å². The average molecular weight is 257 g/mol. The molecule has 0 aliphatic heterocycles. The third-order valence-electron chi connectivity index (χ3n) is 2.53. The molecule has 3 nitrogen and oxygen atoms in total. The molecule has 17 heavy (non-hydrogen) atoms. The molecule has 0 aliphatic rings. The zero-order valence-electron chi connectivity index (χ0n) is 10.6. The van der Waals surface area contributed by atoms with E-state index in [0.717, 1.165) is 17.7 Å². The van der Waals surface area contributed by atoms with Crippen LogP contribution in [0.25, 0.3) is 0 Å². The Balaban J connectivity index is 0.00000256. The van der Waals surface area contributed by atoms with Crippen LogP contribution in [0.3, 0.4) is 0 Å². The highest BCUT2D eigenvalue weighted by atomic mass is 35.5. The minimum absolute atomic E-state index is 0. The highest BCUT2D eigenvalue weighted by molar-refractivity contribution is 5.92. The van der Waals surface area contributed by atoms with Gasteiger partial charge in [0.15, 0.2) is 0 Å². The zero-order valence-corrected chi connectivity index (χ0v) is 11.4. The van der Waals surface area contributed by atoms with E-state index in [-0.39, 0.29) is 18.3 Å². The van der Waals surface area contributed by atoms with Crippen LogP contribution >= 0.6 is 12.4 Å². The van der Waals surface area contributed by atoms with E-state index in [1.165, 1.54) is 0 Å². The first-order valence-electron chi connectivity index (χ1n) is 5.71. The summed E-state index contributed by atoms with van der Waals surface area (Å²) in [4.78, 5) is 11.6. The molecule has 0 spiro atoms. The number of amides is 1. The summed E-state index contributed by atoms with van der Waals surface area (Å²) < 4.78 is 0. The van der Waals surface area contributed by atoms with Gasteiger partial charge in [0.25, 0.3) is 0 Å². The van der Waals surface area contributed by atoms with Crippen LogP contribution in [-0.2, 0) is 4.79 Å². The summed E-state index contributed by atoms with van der Waals surface area (Å²) in [5.74, 6) is 0.00546. The van der Waals surface area contributed by atoms with Gasteiger partial charge in [0, 0.05) is 11.7 Å². The summed E-state index contributed by atoms with van der Waals surface area (Å²) in [6.07, 6.45) is 1.03. The molecule has 96 valence electrons. The van der Waals surface area contributed by atoms with Crippen molar-refractivity contribution in [3.63, 3.8) is 0 Å². The third kappa shape index (κ3) is 6.29. The first-order chi connectivity index (χ1) is 7.61. The van der Waals surface area contributed by atoms with Gasteiger partial charge in [-0.05, 0) is 38.0 Å². The number of rotatable bonds is 5. The van der Waals surface area contributed by atoms with Crippen LogP contribution in [-0.4, -0.2) is 18.5 Å². The molecular weight excluding hydrogens is 236 g/mol. The van der Waals surface area contributed by atoms with Crippen LogP contribution in [0, 0.1) is 6.92 Å². The predicted octanol–water partition coefficient (Wildman–Crippen LogP) is 2.74. The van der Waals surface area contributed by atoms with Crippen molar-refractivity contribution in [2.24, 2.45) is 0 Å². The van der Waals surface area contributed by atoms with Gasteiger partial charge < -0.3 is 10.6 Å². The molecule has 1 unspecified atom stereocenters. The minimum atomic E-state index is 0. The van der Waals surface area contributed by atoms with Crippen molar-refractivity contribution in [3.05, 3.63) is 29.8 Å². The fourth-order valence-corrected chi connectivity index (χ4v) is 1.34. The summed E-state index contributed by atoms with van der Waals surface area (Å²) in [5.41, 5.74) is 2.00. The Kier molecular flexibility index (Phi) is 7.59. The Morgan fingerprint density at radius 1 is 1.41 bits per heavy atom. The van der Waals surface area contributed by atoms with Gasteiger partial charge in [0.1, 0.15) is 0 Å². The van der Waals surface area contributed by atoms with Gasteiger partial charge in [-0.15, -0.1) is 12.4 Å². The Morgan fingerprint density at radius 2 is 2.12 bits per heavy atom. The van der Waals surface area contributed by atoms with E-state index in [2.05, 4.69) is 24.5 Å². The van der Waals surface area contributed by atoms with Crippen LogP contribution in [0.5, 0.6) is 0 Å². The maximum absolute atomic E-state index is 11.6. The molecule has 2 N–H and O–H groups in total. The van der Waals surface area contributed by atoms with Crippen molar-refractivity contribution in [1.82, 2.24) is 5.32 Å². The molecule has 0 aliphatic carbocycles. The summed E-state index contributed by atoms with van der Waals surface area (Å²) in [7, 11) is 0. The fraction of sp³-hybridized carbons (Fsp3) is 0.462. The maximum atomic E-state index is 11.6. The van der Waals surface area contributed by atoms with Gasteiger partial charge in [-0.2, -0.15) is 0 Å². The van der Waals surface area contributed by atoms with Gasteiger partial charge in [-0.3, -0.25) is 4.79 Å². The molecular formula is C13H21ClN2O. The van der Waals surface area contributed by atoms with E-state index in [1.807, 2.05) is 31.2 Å². The summed E-state index contributed by atoms with van der Waals surface area (Å²) in [5, 5.41) is 6.02. The Hall–Kier alpha value is -1.06. The van der Waals surface area contributed by atoms with Crippen molar-refractivity contribution >= 4 is 24.0 Å². The number of nitrogens with one attached hydrogen (secondary N) is 2. The average Bonchev–Trinajstić information content (AvgIpc) is 2.26. The van der Waals surface area contributed by atoms with Gasteiger partial charge in [0.05, 0.1) is 6.54 Å². The lowest BCUT2D eigenvalue weighted by Crippen LogP contribution is -2.33. The topological polar surface area (TPSA) is 41.1 Å². The van der Waals surface area contributed by atoms with Gasteiger partial charge in [0.2, 0.25) is 5.91 Å². The second-order valence-electron chi connectivity index (χ2n) is 4.11. The van der Waals surface area contributed by atoms with Crippen LogP contribution in [0.4, 0.5) is 5.69 Å². The number of hydrogen-bond acceptors (Lipinski definition) is 2. The second-order valence-corrected chi connectivity index (χ2v) is 4.11. The summed E-state index contributed by atoms with van der Waals surface area (Å²) in [6.45, 7) is 6.53. The van der Waals surface area contributed by atoms with E-state index in [4.69, 9.17) is 0 Å². The van der Waals surface area contributed by atoms with E-state index in [1.54, 1.807) is 0 Å². The van der Waals surface area contributed by atoms with Crippen LogP contribution in [0.15, 0.2) is 24.3 Å². The normalized spacial score (nSPS) is 11.5. The maximum Gasteiger partial charge on any atom is 0.238 e. The number of halogens is 1. The van der Waals surface area contributed by atoms with Crippen molar-refractivity contribution in [2.75, 3.05) is 11.9 Å². The van der Waals surface area contributed by atoms with E-state index in [0.29, 0.717) is 12.6 Å². The molecule has 1 aromatic carbocycles. The van der Waals surface area contributed by atoms with Crippen LogP contribution in [0.2, 0.25) is 0 Å². The number of carbonyl (C=O) groups is 1. The SMILES string of the molecule is CCC(C)NCC(=O)Nc1cccc(C)c1.Cl. The molecule has 1 aromatic rings. The number of hydrogen-bond donors (Lipinski definition) is 2. The standard InChI is InChI=1S/C13H20N2O.ClH/c1-4-11(3)14-9-13(16)15-12-7-5-6-10(2)8-12;/h5-8,11,14H,4,9H2,1-3H3,(H,15,16);1H. The lowest BCUT2D eigenvalue weighted by molar-refractivity contribution is -0.115. The Bertz CT molecular complexity index is 355. The molecule has 4 heteroatoms. The largest absolute Gasteiger partial charge is 0.325 e.